The van der Waals surface area contributed by atoms with Crippen LogP contribution in [0, 0.1) is 17.5 Å². The Labute approximate surface area is 116 Å². The highest BCUT2D eigenvalue weighted by Gasteiger charge is 2.19. The highest BCUT2D eigenvalue weighted by atomic mass is 32.1. The van der Waals surface area contributed by atoms with Crippen LogP contribution in [-0.4, -0.2) is 5.11 Å². The lowest BCUT2D eigenvalue weighted by atomic mass is 10.1. The lowest BCUT2D eigenvalue weighted by Gasteiger charge is -2.10. The number of thiophene rings is 1. The fourth-order valence-electron chi connectivity index (χ4n) is 2.05. The van der Waals surface area contributed by atoms with E-state index in [0.717, 1.165) is 22.8 Å². The van der Waals surface area contributed by atoms with Crippen LogP contribution in [-0.2, 0) is 0 Å². The summed E-state index contributed by atoms with van der Waals surface area (Å²) >= 11 is 1.15. The molecule has 102 valence electrons. The lowest BCUT2D eigenvalue weighted by molar-refractivity contribution is 0.217. The van der Waals surface area contributed by atoms with Crippen LogP contribution >= 0.6 is 11.3 Å². The first-order valence-electron chi connectivity index (χ1n) is 5.87. The van der Waals surface area contributed by atoms with Gasteiger partial charge >= 0.3 is 0 Å². The van der Waals surface area contributed by atoms with Crippen LogP contribution in [0.1, 0.15) is 16.5 Å². The largest absolute Gasteiger partial charge is 0.383 e. The Morgan fingerprint density at radius 1 is 1.00 bits per heavy atom. The van der Waals surface area contributed by atoms with Gasteiger partial charge in [-0.3, -0.25) is 0 Å². The van der Waals surface area contributed by atoms with Gasteiger partial charge in [-0.1, -0.05) is 18.2 Å². The second-order valence-corrected chi connectivity index (χ2v) is 5.49. The molecule has 0 aliphatic carbocycles. The molecule has 0 spiro atoms. The van der Waals surface area contributed by atoms with Gasteiger partial charge < -0.3 is 5.11 Å². The summed E-state index contributed by atoms with van der Waals surface area (Å²) in [5, 5.41) is 10.9. The molecule has 1 aromatic heterocycles. The second kappa shape index (κ2) is 4.92. The van der Waals surface area contributed by atoms with Crippen LogP contribution in [0.25, 0.3) is 10.1 Å². The zero-order valence-electron chi connectivity index (χ0n) is 10.1. The minimum atomic E-state index is -1.27. The molecule has 0 radical (unpaired) electrons. The van der Waals surface area contributed by atoms with Crippen molar-refractivity contribution in [3.63, 3.8) is 0 Å². The predicted molar refractivity (Wildman–Crippen MR) is 72.2 cm³/mol. The Morgan fingerprint density at radius 3 is 2.60 bits per heavy atom. The first kappa shape index (κ1) is 13.1. The fourth-order valence-corrected chi connectivity index (χ4v) is 3.14. The molecule has 1 nitrogen and oxygen atoms in total. The number of aliphatic hydroxyl groups excluding tert-OH is 1. The number of hydrogen-bond acceptors (Lipinski definition) is 2. The molecular formula is C15H9F3OS. The summed E-state index contributed by atoms with van der Waals surface area (Å²) in [4.78, 5) is 0.440. The molecule has 0 bridgehead atoms. The molecule has 3 aromatic rings. The highest BCUT2D eigenvalue weighted by molar-refractivity contribution is 7.19. The smallest absolute Gasteiger partial charge is 0.164 e. The third-order valence-electron chi connectivity index (χ3n) is 3.05. The molecule has 3 rings (SSSR count). The van der Waals surface area contributed by atoms with Crippen LogP contribution in [0.4, 0.5) is 13.2 Å². The van der Waals surface area contributed by atoms with Crippen molar-refractivity contribution in [2.24, 2.45) is 0 Å². The molecule has 1 atom stereocenters. The highest BCUT2D eigenvalue weighted by Crippen LogP contribution is 2.34. The monoisotopic (exact) mass is 294 g/mol. The molecule has 5 heteroatoms. The third-order valence-corrected chi connectivity index (χ3v) is 4.20. The minimum Gasteiger partial charge on any atom is -0.383 e. The van der Waals surface area contributed by atoms with E-state index in [1.54, 1.807) is 12.1 Å². The quantitative estimate of drug-likeness (QED) is 0.742. The molecule has 1 unspecified atom stereocenters. The number of fused-ring (bicyclic) bond motifs is 1. The van der Waals surface area contributed by atoms with Gasteiger partial charge in [0.2, 0.25) is 0 Å². The van der Waals surface area contributed by atoms with Crippen molar-refractivity contribution in [1.82, 2.24) is 0 Å². The van der Waals surface area contributed by atoms with Crippen LogP contribution in [0.2, 0.25) is 0 Å². The average Bonchev–Trinajstić information content (AvgIpc) is 2.84. The summed E-state index contributed by atoms with van der Waals surface area (Å²) in [5.74, 6) is -2.45. The summed E-state index contributed by atoms with van der Waals surface area (Å²) in [6.07, 6.45) is -1.27. The first-order chi connectivity index (χ1) is 9.56. The van der Waals surface area contributed by atoms with E-state index < -0.39 is 17.7 Å². The van der Waals surface area contributed by atoms with Crippen LogP contribution < -0.4 is 0 Å². The van der Waals surface area contributed by atoms with E-state index in [2.05, 4.69) is 0 Å². The van der Waals surface area contributed by atoms with E-state index >= 15 is 0 Å². The van der Waals surface area contributed by atoms with E-state index in [0.29, 0.717) is 9.58 Å². The van der Waals surface area contributed by atoms with Gasteiger partial charge in [0.1, 0.15) is 11.9 Å². The second-order valence-electron chi connectivity index (χ2n) is 4.38. The maximum absolute atomic E-state index is 13.7. The molecule has 0 fully saturated rings. The minimum absolute atomic E-state index is 0.128. The summed E-state index contributed by atoms with van der Waals surface area (Å²) < 4.78 is 40.6. The summed E-state index contributed by atoms with van der Waals surface area (Å²) in [6, 6.07) is 9.55. The van der Waals surface area contributed by atoms with Crippen LogP contribution in [0.5, 0.6) is 0 Å². The van der Waals surface area contributed by atoms with Crippen molar-refractivity contribution in [2.75, 3.05) is 0 Å². The van der Waals surface area contributed by atoms with Gasteiger partial charge in [-0.15, -0.1) is 11.3 Å². The van der Waals surface area contributed by atoms with Crippen molar-refractivity contribution in [1.29, 1.82) is 0 Å². The maximum atomic E-state index is 13.7. The first-order valence-corrected chi connectivity index (χ1v) is 6.69. The average molecular weight is 294 g/mol. The maximum Gasteiger partial charge on any atom is 0.164 e. The van der Waals surface area contributed by atoms with Gasteiger partial charge in [-0.2, -0.15) is 0 Å². The van der Waals surface area contributed by atoms with Gasteiger partial charge in [-0.05, 0) is 29.7 Å². The Hall–Kier alpha value is -1.85. The zero-order valence-corrected chi connectivity index (χ0v) is 10.9. The molecule has 0 amide bonds. The zero-order chi connectivity index (χ0) is 14.3. The SMILES string of the molecule is OC(c1cc2ccc(F)cc2s1)c1cccc(F)c1F. The van der Waals surface area contributed by atoms with Crippen molar-refractivity contribution in [3.8, 4) is 0 Å². The van der Waals surface area contributed by atoms with Crippen molar-refractivity contribution < 1.29 is 18.3 Å². The lowest BCUT2D eigenvalue weighted by Crippen LogP contribution is -2.02. The summed E-state index contributed by atoms with van der Waals surface area (Å²) in [5.41, 5.74) is -0.128. The molecular weight excluding hydrogens is 285 g/mol. The molecule has 0 aliphatic rings. The van der Waals surface area contributed by atoms with Gasteiger partial charge in [0.25, 0.3) is 0 Å². The normalized spacial score (nSPS) is 12.8. The molecule has 0 saturated carbocycles. The number of hydrogen-bond donors (Lipinski definition) is 1. The molecule has 2 aromatic carbocycles. The predicted octanol–water partition coefficient (Wildman–Crippen LogP) is 4.40. The Kier molecular flexibility index (Phi) is 3.23. The van der Waals surface area contributed by atoms with Gasteiger partial charge in [0.05, 0.1) is 0 Å². The number of benzene rings is 2. The van der Waals surface area contributed by atoms with Gasteiger partial charge in [-0.25, -0.2) is 13.2 Å². The number of aliphatic hydroxyl groups is 1. The van der Waals surface area contributed by atoms with Crippen molar-refractivity contribution >= 4 is 21.4 Å². The van der Waals surface area contributed by atoms with E-state index in [-0.39, 0.29) is 11.4 Å². The Morgan fingerprint density at radius 2 is 1.80 bits per heavy atom. The molecule has 1 heterocycles. The van der Waals surface area contributed by atoms with E-state index in [1.165, 1.54) is 24.3 Å². The van der Waals surface area contributed by atoms with E-state index in [4.69, 9.17) is 0 Å². The molecule has 1 N–H and O–H groups in total. The molecule has 20 heavy (non-hydrogen) atoms. The van der Waals surface area contributed by atoms with Crippen molar-refractivity contribution in [2.45, 2.75) is 6.10 Å². The molecule has 0 aliphatic heterocycles. The van der Waals surface area contributed by atoms with Crippen LogP contribution in [0.3, 0.4) is 0 Å². The van der Waals surface area contributed by atoms with E-state index in [1.807, 2.05) is 0 Å². The fraction of sp³-hybridized carbons (Fsp3) is 0.0667. The van der Waals surface area contributed by atoms with Crippen molar-refractivity contribution in [3.05, 3.63) is 70.4 Å². The standard InChI is InChI=1S/C15H9F3OS/c16-9-5-4-8-6-13(20-12(8)7-9)15(19)10-2-1-3-11(17)14(10)18/h1-7,15,19H. The summed E-state index contributed by atoms with van der Waals surface area (Å²) in [7, 11) is 0. The Balaban J connectivity index is 2.08. The van der Waals surface area contributed by atoms with Gasteiger partial charge in [0.15, 0.2) is 11.6 Å². The topological polar surface area (TPSA) is 20.2 Å². The Bertz CT molecular complexity index is 782. The van der Waals surface area contributed by atoms with Gasteiger partial charge in [0, 0.05) is 15.1 Å². The number of halogens is 3. The van der Waals surface area contributed by atoms with E-state index in [9.17, 15) is 18.3 Å². The third kappa shape index (κ3) is 2.19. The summed E-state index contributed by atoms with van der Waals surface area (Å²) in [6.45, 7) is 0. The number of rotatable bonds is 2. The molecule has 0 saturated heterocycles. The van der Waals surface area contributed by atoms with Crippen LogP contribution in [0.15, 0.2) is 42.5 Å².